The van der Waals surface area contributed by atoms with Crippen LogP contribution < -0.4 is 0 Å². The lowest BCUT2D eigenvalue weighted by atomic mass is 9.82. The lowest BCUT2D eigenvalue weighted by Crippen LogP contribution is -2.53. The van der Waals surface area contributed by atoms with Gasteiger partial charge in [-0.3, -0.25) is 9.69 Å². The van der Waals surface area contributed by atoms with E-state index in [9.17, 15) is 14.3 Å². The second-order valence-corrected chi connectivity index (χ2v) is 10.1. The third-order valence-electron chi connectivity index (χ3n) is 7.05. The van der Waals surface area contributed by atoms with Crippen LogP contribution in [0.2, 0.25) is 5.02 Å². The first kappa shape index (κ1) is 24.9. The fraction of sp³-hybridized carbons (Fsp3) is 0.444. The number of piperazine rings is 1. The zero-order valence-electron chi connectivity index (χ0n) is 19.9. The lowest BCUT2D eigenvalue weighted by molar-refractivity contribution is -0.130. The van der Waals surface area contributed by atoms with Gasteiger partial charge < -0.3 is 14.9 Å². The second kappa shape index (κ2) is 10.6. The number of aliphatic hydroxyl groups is 1. The molecule has 0 saturated carbocycles. The Kier molecular flexibility index (Phi) is 7.73. The van der Waals surface area contributed by atoms with Crippen molar-refractivity contribution in [2.24, 2.45) is 0 Å². The molecular formula is C27H33ClFN3O2. The van der Waals surface area contributed by atoms with E-state index in [1.165, 1.54) is 12.1 Å². The van der Waals surface area contributed by atoms with Crippen molar-refractivity contribution >= 4 is 23.6 Å². The van der Waals surface area contributed by atoms with Gasteiger partial charge in [0.25, 0.3) is 0 Å². The van der Waals surface area contributed by atoms with Crippen molar-refractivity contribution < 1.29 is 14.3 Å². The van der Waals surface area contributed by atoms with Gasteiger partial charge in [-0.05, 0) is 73.8 Å². The SMILES string of the molecule is C[C@H]1CN(Cc2ccc(F)cc2)CCN1C(=O)/C=C/c1ccc(Cl)cc1C1(O)CCN(C)CC1. The Bertz CT molecular complexity index is 1030. The minimum atomic E-state index is -0.945. The van der Waals surface area contributed by atoms with Crippen LogP contribution in [0.4, 0.5) is 4.39 Å². The highest BCUT2D eigenvalue weighted by Gasteiger charge is 2.34. The number of hydrogen-bond donors (Lipinski definition) is 1. The first-order valence-corrected chi connectivity index (χ1v) is 12.3. The number of amides is 1. The molecule has 0 aromatic heterocycles. The summed E-state index contributed by atoms with van der Waals surface area (Å²) in [5, 5.41) is 11.9. The average Bonchev–Trinajstić information content (AvgIpc) is 2.82. The summed E-state index contributed by atoms with van der Waals surface area (Å²) in [6.45, 7) is 6.57. The first-order valence-electron chi connectivity index (χ1n) is 11.9. The largest absolute Gasteiger partial charge is 0.385 e. The number of benzene rings is 2. The molecule has 1 atom stereocenters. The van der Waals surface area contributed by atoms with Gasteiger partial charge in [0.05, 0.1) is 5.60 Å². The number of likely N-dealkylation sites (tertiary alicyclic amines) is 1. The molecule has 0 aliphatic carbocycles. The van der Waals surface area contributed by atoms with Gasteiger partial charge in [0.1, 0.15) is 5.82 Å². The van der Waals surface area contributed by atoms with E-state index in [0.717, 1.165) is 49.4 Å². The van der Waals surface area contributed by atoms with Crippen molar-refractivity contribution in [3.8, 4) is 0 Å². The molecule has 5 nitrogen and oxygen atoms in total. The van der Waals surface area contributed by atoms with Crippen LogP contribution in [0.1, 0.15) is 36.5 Å². The Hall–Kier alpha value is -2.25. The second-order valence-electron chi connectivity index (χ2n) is 9.64. The quantitative estimate of drug-likeness (QED) is 0.647. The normalized spacial score (nSPS) is 21.8. The van der Waals surface area contributed by atoms with Gasteiger partial charge in [0.2, 0.25) is 5.91 Å². The predicted octanol–water partition coefficient (Wildman–Crippen LogP) is 4.14. The van der Waals surface area contributed by atoms with Crippen LogP contribution in [0.5, 0.6) is 0 Å². The molecule has 34 heavy (non-hydrogen) atoms. The molecule has 1 amide bonds. The summed E-state index contributed by atoms with van der Waals surface area (Å²) in [5.41, 5.74) is 1.73. The fourth-order valence-corrected chi connectivity index (χ4v) is 5.12. The zero-order valence-corrected chi connectivity index (χ0v) is 20.6. The summed E-state index contributed by atoms with van der Waals surface area (Å²) in [6.07, 6.45) is 4.68. The summed E-state index contributed by atoms with van der Waals surface area (Å²) in [7, 11) is 2.05. The smallest absolute Gasteiger partial charge is 0.246 e. The maximum Gasteiger partial charge on any atom is 0.246 e. The zero-order chi connectivity index (χ0) is 24.3. The molecule has 2 aliphatic rings. The number of halogens is 2. The Balaban J connectivity index is 1.41. The molecule has 0 radical (unpaired) electrons. The van der Waals surface area contributed by atoms with Gasteiger partial charge >= 0.3 is 0 Å². The molecule has 7 heteroatoms. The van der Waals surface area contributed by atoms with Gasteiger partial charge in [-0.25, -0.2) is 4.39 Å². The molecule has 182 valence electrons. The Morgan fingerprint density at radius 3 is 2.53 bits per heavy atom. The van der Waals surface area contributed by atoms with E-state index in [1.807, 2.05) is 35.2 Å². The highest BCUT2D eigenvalue weighted by atomic mass is 35.5. The van der Waals surface area contributed by atoms with Crippen molar-refractivity contribution in [3.05, 3.63) is 76.1 Å². The molecule has 1 N–H and O–H groups in total. The maximum absolute atomic E-state index is 13.2. The molecule has 4 rings (SSSR count). The fourth-order valence-electron chi connectivity index (χ4n) is 4.94. The number of carbonyl (C=O) groups is 1. The molecule has 0 bridgehead atoms. The Morgan fingerprint density at radius 1 is 1.15 bits per heavy atom. The van der Waals surface area contributed by atoms with Gasteiger partial charge in [-0.2, -0.15) is 0 Å². The van der Waals surface area contributed by atoms with E-state index < -0.39 is 5.60 Å². The molecule has 2 fully saturated rings. The van der Waals surface area contributed by atoms with E-state index >= 15 is 0 Å². The minimum absolute atomic E-state index is 0.0369. The van der Waals surface area contributed by atoms with Crippen LogP contribution in [0, 0.1) is 5.82 Å². The van der Waals surface area contributed by atoms with Crippen molar-refractivity contribution in [2.75, 3.05) is 39.8 Å². The van der Waals surface area contributed by atoms with E-state index in [1.54, 1.807) is 12.1 Å². The van der Waals surface area contributed by atoms with Gasteiger partial charge in [0.15, 0.2) is 0 Å². The molecular weight excluding hydrogens is 453 g/mol. The summed E-state index contributed by atoms with van der Waals surface area (Å²) < 4.78 is 13.2. The van der Waals surface area contributed by atoms with Crippen LogP contribution in [-0.4, -0.2) is 71.5 Å². The highest BCUT2D eigenvalue weighted by molar-refractivity contribution is 6.30. The van der Waals surface area contributed by atoms with Crippen molar-refractivity contribution in [3.63, 3.8) is 0 Å². The van der Waals surface area contributed by atoms with Crippen LogP contribution >= 0.6 is 11.6 Å². The van der Waals surface area contributed by atoms with E-state index in [4.69, 9.17) is 11.6 Å². The predicted molar refractivity (Wildman–Crippen MR) is 134 cm³/mol. The highest BCUT2D eigenvalue weighted by Crippen LogP contribution is 2.36. The lowest BCUT2D eigenvalue weighted by Gasteiger charge is -2.39. The number of nitrogens with zero attached hydrogens (tertiary/aromatic N) is 3. The Labute approximate surface area is 206 Å². The van der Waals surface area contributed by atoms with Crippen LogP contribution in [0.25, 0.3) is 6.08 Å². The summed E-state index contributed by atoms with van der Waals surface area (Å²) >= 11 is 6.27. The van der Waals surface area contributed by atoms with Gasteiger partial charge in [0, 0.05) is 56.4 Å². The monoisotopic (exact) mass is 485 g/mol. The third kappa shape index (κ3) is 5.87. The van der Waals surface area contributed by atoms with E-state index in [2.05, 4.69) is 23.8 Å². The topological polar surface area (TPSA) is 47.0 Å². The van der Waals surface area contributed by atoms with Crippen molar-refractivity contribution in [1.82, 2.24) is 14.7 Å². The average molecular weight is 486 g/mol. The molecule has 2 aliphatic heterocycles. The first-order chi connectivity index (χ1) is 16.2. The van der Waals surface area contributed by atoms with Crippen LogP contribution in [0.3, 0.4) is 0 Å². The summed E-state index contributed by atoms with van der Waals surface area (Å²) in [5.74, 6) is -0.267. The number of rotatable bonds is 5. The summed E-state index contributed by atoms with van der Waals surface area (Å²) in [6, 6.07) is 12.1. The molecule has 2 aromatic carbocycles. The van der Waals surface area contributed by atoms with Gasteiger partial charge in [-0.15, -0.1) is 0 Å². The molecule has 2 aromatic rings. The standard InChI is InChI=1S/C27H33ClFN3O2/c1-20-18-31(19-21-3-8-24(29)9-4-21)15-16-32(20)26(33)10-6-22-5-7-23(28)17-25(22)27(34)11-13-30(2)14-12-27/h3-10,17,20,34H,11-16,18-19H2,1-2H3/b10-6+/t20-/m0/s1. The van der Waals surface area contributed by atoms with E-state index in [0.29, 0.717) is 24.4 Å². The maximum atomic E-state index is 13.2. The molecule has 0 spiro atoms. The number of carbonyl (C=O) groups excluding carboxylic acids is 1. The number of piperidine rings is 1. The third-order valence-corrected chi connectivity index (χ3v) is 7.29. The summed E-state index contributed by atoms with van der Waals surface area (Å²) in [4.78, 5) is 19.4. The Morgan fingerprint density at radius 2 is 1.85 bits per heavy atom. The van der Waals surface area contributed by atoms with E-state index in [-0.39, 0.29) is 17.8 Å². The minimum Gasteiger partial charge on any atom is -0.385 e. The number of hydrogen-bond acceptors (Lipinski definition) is 4. The molecule has 2 heterocycles. The molecule has 0 unspecified atom stereocenters. The van der Waals surface area contributed by atoms with Crippen LogP contribution in [0.15, 0.2) is 48.5 Å². The molecule has 2 saturated heterocycles. The van der Waals surface area contributed by atoms with Crippen molar-refractivity contribution in [2.45, 2.75) is 38.0 Å². The van der Waals surface area contributed by atoms with Crippen LogP contribution in [-0.2, 0) is 16.9 Å². The van der Waals surface area contributed by atoms with Crippen molar-refractivity contribution in [1.29, 1.82) is 0 Å². The van der Waals surface area contributed by atoms with Gasteiger partial charge in [-0.1, -0.05) is 29.8 Å².